The first-order valence-electron chi connectivity index (χ1n) is 5.71. The van der Waals surface area contributed by atoms with E-state index in [2.05, 4.69) is 16.2 Å². The van der Waals surface area contributed by atoms with Crippen molar-refractivity contribution in [3.63, 3.8) is 0 Å². The van der Waals surface area contributed by atoms with Crippen LogP contribution in [0.2, 0.25) is 5.02 Å². The normalized spacial score (nSPS) is 10.6. The number of pyridine rings is 1. The number of benzene rings is 1. The molecule has 0 radical (unpaired) electrons. The number of hydrogen-bond donors (Lipinski definition) is 0. The quantitative estimate of drug-likeness (QED) is 0.681. The third-order valence-electron chi connectivity index (χ3n) is 2.90. The van der Waals surface area contributed by atoms with E-state index in [1.807, 2.05) is 31.2 Å². The average Bonchev–Trinajstić information content (AvgIpc) is 2.77. The van der Waals surface area contributed by atoms with Crippen molar-refractivity contribution < 1.29 is 0 Å². The number of aromatic nitrogens is 3. The van der Waals surface area contributed by atoms with Gasteiger partial charge < -0.3 is 0 Å². The summed E-state index contributed by atoms with van der Waals surface area (Å²) in [6.07, 6.45) is 1.69. The molecule has 2 heterocycles. The van der Waals surface area contributed by atoms with E-state index >= 15 is 0 Å². The summed E-state index contributed by atoms with van der Waals surface area (Å²) in [6, 6.07) is 11.4. The first-order valence-corrected chi connectivity index (χ1v) is 6.09. The SMILES string of the molecule is Cc1nn(-c2cc(C#N)c3ccccc3n2)cc1Cl. The Balaban J connectivity index is 2.28. The number of nitriles is 1. The van der Waals surface area contributed by atoms with Gasteiger partial charge in [0.05, 0.1) is 34.1 Å². The van der Waals surface area contributed by atoms with Crippen LogP contribution in [0.5, 0.6) is 0 Å². The number of halogens is 1. The number of fused-ring (bicyclic) bond motifs is 1. The Bertz CT molecular complexity index is 794. The molecule has 4 nitrogen and oxygen atoms in total. The van der Waals surface area contributed by atoms with Gasteiger partial charge in [-0.3, -0.25) is 0 Å². The topological polar surface area (TPSA) is 54.5 Å². The van der Waals surface area contributed by atoms with Crippen LogP contribution in [0, 0.1) is 18.3 Å². The Labute approximate surface area is 114 Å². The molecule has 19 heavy (non-hydrogen) atoms. The van der Waals surface area contributed by atoms with Gasteiger partial charge in [-0.15, -0.1) is 0 Å². The summed E-state index contributed by atoms with van der Waals surface area (Å²) in [5.41, 5.74) is 2.07. The number of nitrogens with zero attached hydrogens (tertiary/aromatic N) is 4. The predicted molar refractivity (Wildman–Crippen MR) is 73.3 cm³/mol. The maximum absolute atomic E-state index is 9.23. The summed E-state index contributed by atoms with van der Waals surface area (Å²) in [5, 5.41) is 14.9. The van der Waals surface area contributed by atoms with Crippen molar-refractivity contribution in [3.05, 3.63) is 52.8 Å². The van der Waals surface area contributed by atoms with E-state index in [9.17, 15) is 5.26 Å². The van der Waals surface area contributed by atoms with Crippen LogP contribution in [0.15, 0.2) is 36.5 Å². The van der Waals surface area contributed by atoms with Crippen LogP contribution < -0.4 is 0 Å². The van der Waals surface area contributed by atoms with Gasteiger partial charge in [0.15, 0.2) is 5.82 Å². The fourth-order valence-corrected chi connectivity index (χ4v) is 2.06. The lowest BCUT2D eigenvalue weighted by Crippen LogP contribution is -2.00. The van der Waals surface area contributed by atoms with Crippen molar-refractivity contribution in [1.82, 2.24) is 14.8 Å². The van der Waals surface area contributed by atoms with Gasteiger partial charge in [-0.25, -0.2) is 9.67 Å². The summed E-state index contributed by atoms with van der Waals surface area (Å²) in [5.74, 6) is 0.588. The van der Waals surface area contributed by atoms with Crippen molar-refractivity contribution in [2.45, 2.75) is 6.92 Å². The van der Waals surface area contributed by atoms with Crippen LogP contribution in [-0.4, -0.2) is 14.8 Å². The minimum Gasteiger partial charge on any atom is -0.229 e. The van der Waals surface area contributed by atoms with Crippen molar-refractivity contribution in [2.75, 3.05) is 0 Å². The Morgan fingerprint density at radius 3 is 2.79 bits per heavy atom. The van der Waals surface area contributed by atoms with Gasteiger partial charge in [-0.1, -0.05) is 29.8 Å². The molecule has 3 aromatic rings. The third kappa shape index (κ3) is 1.94. The highest BCUT2D eigenvalue weighted by Gasteiger charge is 2.09. The summed E-state index contributed by atoms with van der Waals surface area (Å²) < 4.78 is 1.59. The molecule has 0 amide bonds. The van der Waals surface area contributed by atoms with Gasteiger partial charge in [0, 0.05) is 11.5 Å². The van der Waals surface area contributed by atoms with Gasteiger partial charge >= 0.3 is 0 Å². The Morgan fingerprint density at radius 2 is 2.11 bits per heavy atom. The first-order chi connectivity index (χ1) is 9.19. The first kappa shape index (κ1) is 11.7. The lowest BCUT2D eigenvalue weighted by Gasteiger charge is -2.04. The molecule has 0 saturated carbocycles. The number of rotatable bonds is 1. The highest BCUT2D eigenvalue weighted by atomic mass is 35.5. The Hall–Kier alpha value is -2.38. The highest BCUT2D eigenvalue weighted by Crippen LogP contribution is 2.21. The molecule has 0 N–H and O–H groups in total. The minimum absolute atomic E-state index is 0.574. The highest BCUT2D eigenvalue weighted by molar-refractivity contribution is 6.31. The van der Waals surface area contributed by atoms with Crippen LogP contribution in [0.1, 0.15) is 11.3 Å². The molecule has 0 atom stereocenters. The van der Waals surface area contributed by atoms with Crippen LogP contribution >= 0.6 is 11.6 Å². The maximum Gasteiger partial charge on any atom is 0.155 e. The molecule has 92 valence electrons. The lowest BCUT2D eigenvalue weighted by atomic mass is 10.1. The van der Waals surface area contributed by atoms with Crippen molar-refractivity contribution in [3.8, 4) is 11.9 Å². The monoisotopic (exact) mass is 268 g/mol. The van der Waals surface area contributed by atoms with Crippen molar-refractivity contribution in [1.29, 1.82) is 5.26 Å². The standard InChI is InChI=1S/C14H9ClN4/c1-9-12(15)8-19(18-9)14-6-10(7-16)11-4-2-3-5-13(11)17-14/h2-6,8H,1H3. The summed E-state index contributed by atoms with van der Waals surface area (Å²) >= 11 is 6.00. The molecule has 0 aliphatic rings. The van der Waals surface area contributed by atoms with Crippen molar-refractivity contribution in [2.24, 2.45) is 0 Å². The van der Waals surface area contributed by atoms with Crippen LogP contribution in [0.4, 0.5) is 0 Å². The number of aryl methyl sites for hydroxylation is 1. The fourth-order valence-electron chi connectivity index (χ4n) is 1.93. The van der Waals surface area contributed by atoms with E-state index in [1.54, 1.807) is 16.9 Å². The molecule has 0 fully saturated rings. The van der Waals surface area contributed by atoms with Gasteiger partial charge in [0.25, 0.3) is 0 Å². The molecule has 3 rings (SSSR count). The van der Waals surface area contributed by atoms with Gasteiger partial charge in [0.1, 0.15) is 0 Å². The molecule has 0 unspecified atom stereocenters. The van der Waals surface area contributed by atoms with E-state index in [4.69, 9.17) is 11.6 Å². The van der Waals surface area contributed by atoms with Gasteiger partial charge in [-0.05, 0) is 13.0 Å². The fraction of sp³-hybridized carbons (Fsp3) is 0.0714. The van der Waals surface area contributed by atoms with E-state index < -0.39 is 0 Å². The largest absolute Gasteiger partial charge is 0.229 e. The van der Waals surface area contributed by atoms with Crippen LogP contribution in [-0.2, 0) is 0 Å². The second-order valence-corrected chi connectivity index (χ2v) is 4.57. The van der Waals surface area contributed by atoms with Crippen LogP contribution in [0.25, 0.3) is 16.7 Å². The van der Waals surface area contributed by atoms with E-state index in [0.29, 0.717) is 16.4 Å². The average molecular weight is 269 g/mol. The zero-order valence-electron chi connectivity index (χ0n) is 10.1. The lowest BCUT2D eigenvalue weighted by molar-refractivity contribution is 0.837. The molecule has 0 bridgehead atoms. The zero-order valence-corrected chi connectivity index (χ0v) is 10.9. The molecule has 0 spiro atoms. The molecule has 0 saturated heterocycles. The maximum atomic E-state index is 9.23. The smallest absolute Gasteiger partial charge is 0.155 e. The third-order valence-corrected chi connectivity index (χ3v) is 3.27. The molecule has 1 aromatic carbocycles. The van der Waals surface area contributed by atoms with Crippen LogP contribution in [0.3, 0.4) is 0 Å². The second-order valence-electron chi connectivity index (χ2n) is 4.16. The number of hydrogen-bond acceptors (Lipinski definition) is 3. The minimum atomic E-state index is 0.574. The number of para-hydroxylation sites is 1. The van der Waals surface area contributed by atoms with Crippen molar-refractivity contribution >= 4 is 22.5 Å². The van der Waals surface area contributed by atoms with Gasteiger partial charge in [0.2, 0.25) is 0 Å². The summed E-state index contributed by atoms with van der Waals surface area (Å²) in [7, 11) is 0. The Morgan fingerprint density at radius 1 is 1.32 bits per heavy atom. The summed E-state index contributed by atoms with van der Waals surface area (Å²) in [4.78, 5) is 4.50. The Kier molecular flexibility index (Phi) is 2.69. The second kappa shape index (κ2) is 4.38. The predicted octanol–water partition coefficient (Wildman–Crippen LogP) is 3.25. The molecule has 2 aromatic heterocycles. The molecule has 0 aliphatic heterocycles. The molecular formula is C14H9ClN4. The zero-order chi connectivity index (χ0) is 13.4. The summed E-state index contributed by atoms with van der Waals surface area (Å²) in [6.45, 7) is 1.82. The van der Waals surface area contributed by atoms with E-state index in [-0.39, 0.29) is 0 Å². The van der Waals surface area contributed by atoms with Gasteiger partial charge in [-0.2, -0.15) is 10.4 Å². The van der Waals surface area contributed by atoms with E-state index in [0.717, 1.165) is 16.6 Å². The van der Waals surface area contributed by atoms with E-state index in [1.165, 1.54) is 0 Å². The molecule has 5 heteroatoms. The molecule has 0 aliphatic carbocycles. The molecular weight excluding hydrogens is 260 g/mol.